The highest BCUT2D eigenvalue weighted by atomic mass is 79.9. The lowest BCUT2D eigenvalue weighted by molar-refractivity contribution is 0.150. The average molecular weight is 263 g/mol. The van der Waals surface area contributed by atoms with Gasteiger partial charge in [-0.2, -0.15) is 5.26 Å². The van der Waals surface area contributed by atoms with Crippen LogP contribution in [0.2, 0.25) is 0 Å². The Bertz CT molecular complexity index is 390. The van der Waals surface area contributed by atoms with Crippen LogP contribution in [0, 0.1) is 11.3 Å². The molecule has 0 fully saturated rings. The van der Waals surface area contributed by atoms with Crippen molar-refractivity contribution in [3.8, 4) is 6.07 Å². The molecule has 1 rings (SSSR count). The maximum atomic E-state index is 12.4. The molecule has 14 heavy (non-hydrogen) atoms. The van der Waals surface area contributed by atoms with Gasteiger partial charge in [-0.1, -0.05) is 0 Å². The molecular formula is C8H5BrF2N2O. The normalized spacial score (nSPS) is 10.3. The summed E-state index contributed by atoms with van der Waals surface area (Å²) in [6, 6.07) is 2.64. The summed E-state index contributed by atoms with van der Waals surface area (Å²) in [4.78, 5) is 3.66. The summed E-state index contributed by atoms with van der Waals surface area (Å²) in [5, 5.41) is 17.3. The van der Waals surface area contributed by atoms with Crippen molar-refractivity contribution < 1.29 is 13.9 Å². The van der Waals surface area contributed by atoms with Crippen LogP contribution in [0.5, 0.6) is 0 Å². The van der Waals surface area contributed by atoms with Crippen LogP contribution in [-0.4, -0.2) is 10.1 Å². The van der Waals surface area contributed by atoms with Gasteiger partial charge in [-0.25, -0.2) is 13.8 Å². The highest BCUT2D eigenvalue weighted by Gasteiger charge is 2.16. The van der Waals surface area contributed by atoms with Gasteiger partial charge in [0.05, 0.1) is 16.8 Å². The molecule has 1 aromatic rings. The number of rotatable bonds is 2. The average Bonchev–Trinajstić information content (AvgIpc) is 2.17. The van der Waals surface area contributed by atoms with Crippen LogP contribution >= 0.6 is 15.9 Å². The number of nitriles is 1. The predicted octanol–water partition coefficient (Wildman–Crippen LogP) is 2.15. The second-order valence-electron chi connectivity index (χ2n) is 2.43. The van der Waals surface area contributed by atoms with E-state index in [1.807, 2.05) is 0 Å². The number of hydrogen-bond acceptors (Lipinski definition) is 3. The van der Waals surface area contributed by atoms with Gasteiger partial charge in [-0.05, 0) is 22.0 Å². The topological polar surface area (TPSA) is 56.9 Å². The number of alkyl halides is 2. The number of hydrogen-bond donors (Lipinski definition) is 1. The first-order valence-corrected chi connectivity index (χ1v) is 4.38. The molecule has 0 aliphatic carbocycles. The lowest BCUT2D eigenvalue weighted by Crippen LogP contribution is -1.99. The Balaban J connectivity index is 3.36. The fourth-order valence-corrected chi connectivity index (χ4v) is 1.43. The highest BCUT2D eigenvalue weighted by molar-refractivity contribution is 9.10. The third-order valence-electron chi connectivity index (χ3n) is 1.55. The Morgan fingerprint density at radius 3 is 2.71 bits per heavy atom. The fourth-order valence-electron chi connectivity index (χ4n) is 0.925. The SMILES string of the molecule is N#Cc1cc(C(F)F)c(Br)c(CO)n1. The van der Waals surface area contributed by atoms with Crippen molar-refractivity contribution in [1.82, 2.24) is 4.98 Å². The van der Waals surface area contributed by atoms with Gasteiger partial charge in [0.1, 0.15) is 11.8 Å². The zero-order valence-electron chi connectivity index (χ0n) is 6.84. The van der Waals surface area contributed by atoms with E-state index in [-0.39, 0.29) is 21.4 Å². The lowest BCUT2D eigenvalue weighted by Gasteiger charge is -2.06. The maximum Gasteiger partial charge on any atom is 0.265 e. The molecule has 0 saturated heterocycles. The van der Waals surface area contributed by atoms with E-state index in [1.54, 1.807) is 6.07 Å². The standard InChI is InChI=1S/C8H5BrF2N2O/c9-7-5(8(10)11)1-4(2-12)13-6(7)3-14/h1,8,14H,3H2. The molecule has 0 aliphatic rings. The van der Waals surface area contributed by atoms with Crippen LogP contribution in [-0.2, 0) is 6.61 Å². The van der Waals surface area contributed by atoms with Gasteiger partial charge in [0.25, 0.3) is 6.43 Å². The minimum absolute atomic E-state index is 0.0411. The summed E-state index contributed by atoms with van der Waals surface area (Å²) in [6.45, 7) is -0.490. The molecule has 0 aliphatic heterocycles. The van der Waals surface area contributed by atoms with Crippen molar-refractivity contribution in [2.45, 2.75) is 13.0 Å². The second-order valence-corrected chi connectivity index (χ2v) is 3.22. The van der Waals surface area contributed by atoms with Crippen molar-refractivity contribution in [2.75, 3.05) is 0 Å². The van der Waals surface area contributed by atoms with E-state index in [0.29, 0.717) is 0 Å². The van der Waals surface area contributed by atoms with Crippen molar-refractivity contribution >= 4 is 15.9 Å². The van der Waals surface area contributed by atoms with E-state index >= 15 is 0 Å². The van der Waals surface area contributed by atoms with Crippen molar-refractivity contribution in [3.05, 3.63) is 27.5 Å². The van der Waals surface area contributed by atoms with Gasteiger partial charge in [0, 0.05) is 5.56 Å². The minimum Gasteiger partial charge on any atom is -0.390 e. The van der Waals surface area contributed by atoms with Gasteiger partial charge in [-0.3, -0.25) is 0 Å². The largest absolute Gasteiger partial charge is 0.390 e. The number of aromatic nitrogens is 1. The quantitative estimate of drug-likeness (QED) is 0.889. The molecule has 3 nitrogen and oxygen atoms in total. The molecule has 1 aromatic heterocycles. The van der Waals surface area contributed by atoms with Crippen LogP contribution < -0.4 is 0 Å². The molecule has 0 radical (unpaired) electrons. The number of nitrogens with zero attached hydrogens (tertiary/aromatic N) is 2. The summed E-state index contributed by atoms with van der Waals surface area (Å²) in [5.41, 5.74) is -0.424. The lowest BCUT2D eigenvalue weighted by atomic mass is 10.2. The zero-order valence-corrected chi connectivity index (χ0v) is 8.42. The van der Waals surface area contributed by atoms with E-state index in [0.717, 1.165) is 6.07 Å². The van der Waals surface area contributed by atoms with Gasteiger partial charge >= 0.3 is 0 Å². The third kappa shape index (κ3) is 2.05. The summed E-state index contributed by atoms with van der Waals surface area (Å²) in [7, 11) is 0. The van der Waals surface area contributed by atoms with Gasteiger partial charge < -0.3 is 5.11 Å². The Morgan fingerprint density at radius 1 is 1.64 bits per heavy atom. The monoisotopic (exact) mass is 262 g/mol. The fraction of sp³-hybridized carbons (Fsp3) is 0.250. The molecule has 0 amide bonds. The minimum atomic E-state index is -2.70. The van der Waals surface area contributed by atoms with E-state index in [2.05, 4.69) is 20.9 Å². The summed E-state index contributed by atoms with van der Waals surface area (Å²) >= 11 is 2.89. The second kappa shape index (κ2) is 4.44. The summed E-state index contributed by atoms with van der Waals surface area (Å²) in [5.74, 6) is 0. The Morgan fingerprint density at radius 2 is 2.29 bits per heavy atom. The number of halogens is 3. The third-order valence-corrected chi connectivity index (χ3v) is 2.47. The smallest absolute Gasteiger partial charge is 0.265 e. The van der Waals surface area contributed by atoms with Gasteiger partial charge in [0.15, 0.2) is 0 Å². The molecule has 6 heteroatoms. The molecule has 0 saturated carbocycles. The van der Waals surface area contributed by atoms with E-state index in [1.165, 1.54) is 0 Å². The van der Waals surface area contributed by atoms with Crippen molar-refractivity contribution in [1.29, 1.82) is 5.26 Å². The zero-order chi connectivity index (χ0) is 10.7. The highest BCUT2D eigenvalue weighted by Crippen LogP contribution is 2.29. The first kappa shape index (κ1) is 11.0. The van der Waals surface area contributed by atoms with E-state index in [4.69, 9.17) is 10.4 Å². The van der Waals surface area contributed by atoms with Crippen LogP contribution in [0.15, 0.2) is 10.5 Å². The predicted molar refractivity (Wildman–Crippen MR) is 47.5 cm³/mol. The van der Waals surface area contributed by atoms with Crippen LogP contribution in [0.4, 0.5) is 8.78 Å². The molecule has 0 atom stereocenters. The number of pyridine rings is 1. The number of aliphatic hydroxyl groups is 1. The van der Waals surface area contributed by atoms with Crippen LogP contribution in [0.1, 0.15) is 23.4 Å². The van der Waals surface area contributed by atoms with E-state index in [9.17, 15) is 8.78 Å². The van der Waals surface area contributed by atoms with Crippen LogP contribution in [0.25, 0.3) is 0 Å². The molecule has 74 valence electrons. The maximum absolute atomic E-state index is 12.4. The van der Waals surface area contributed by atoms with Crippen molar-refractivity contribution in [3.63, 3.8) is 0 Å². The summed E-state index contributed by atoms with van der Waals surface area (Å²) in [6.07, 6.45) is -2.70. The Labute approximate surface area is 87.1 Å². The Kier molecular flexibility index (Phi) is 3.49. The number of aliphatic hydroxyl groups excluding tert-OH is 1. The molecule has 0 bridgehead atoms. The first-order chi connectivity index (χ1) is 6.60. The van der Waals surface area contributed by atoms with E-state index < -0.39 is 13.0 Å². The molecular weight excluding hydrogens is 258 g/mol. The van der Waals surface area contributed by atoms with Gasteiger partial charge in [0.2, 0.25) is 0 Å². The van der Waals surface area contributed by atoms with Crippen LogP contribution in [0.3, 0.4) is 0 Å². The molecule has 0 spiro atoms. The van der Waals surface area contributed by atoms with Gasteiger partial charge in [-0.15, -0.1) is 0 Å². The summed E-state index contributed by atoms with van der Waals surface area (Å²) < 4.78 is 24.9. The first-order valence-electron chi connectivity index (χ1n) is 3.58. The molecule has 0 unspecified atom stereocenters. The molecule has 1 N–H and O–H groups in total. The molecule has 0 aromatic carbocycles. The Hall–Kier alpha value is -1.06. The molecule has 1 heterocycles. The van der Waals surface area contributed by atoms with Crippen molar-refractivity contribution in [2.24, 2.45) is 0 Å².